The van der Waals surface area contributed by atoms with Crippen molar-refractivity contribution in [2.24, 2.45) is 0 Å². The predicted octanol–water partition coefficient (Wildman–Crippen LogP) is 2.75. The summed E-state index contributed by atoms with van der Waals surface area (Å²) in [5.41, 5.74) is 4.44. The first-order valence-electron chi connectivity index (χ1n) is 7.63. The van der Waals surface area contributed by atoms with Crippen LogP contribution in [0.2, 0.25) is 0 Å². The summed E-state index contributed by atoms with van der Waals surface area (Å²) in [6, 6.07) is 4.67. The first kappa shape index (κ1) is 14.0. The molecule has 0 aromatic carbocycles. The summed E-state index contributed by atoms with van der Waals surface area (Å²) in [4.78, 5) is 11.4. The maximum atomic E-state index is 4.63. The molecule has 5 heteroatoms. The van der Waals surface area contributed by atoms with Gasteiger partial charge in [-0.1, -0.05) is 0 Å². The van der Waals surface area contributed by atoms with Gasteiger partial charge < -0.3 is 4.90 Å². The number of piperidine rings is 1. The first-order valence-corrected chi connectivity index (χ1v) is 7.63. The van der Waals surface area contributed by atoms with E-state index in [4.69, 9.17) is 0 Å². The van der Waals surface area contributed by atoms with Gasteiger partial charge in [0.1, 0.15) is 0 Å². The van der Waals surface area contributed by atoms with Crippen LogP contribution in [0.5, 0.6) is 0 Å². The van der Waals surface area contributed by atoms with Crippen molar-refractivity contribution in [3.05, 3.63) is 34.9 Å². The van der Waals surface area contributed by atoms with Crippen LogP contribution >= 0.6 is 0 Å². The van der Waals surface area contributed by atoms with Crippen molar-refractivity contribution in [1.29, 1.82) is 0 Å². The van der Waals surface area contributed by atoms with Gasteiger partial charge in [0.2, 0.25) is 5.95 Å². The van der Waals surface area contributed by atoms with Gasteiger partial charge in [-0.3, -0.25) is 4.68 Å². The van der Waals surface area contributed by atoms with Crippen LogP contribution in [-0.4, -0.2) is 32.8 Å². The summed E-state index contributed by atoms with van der Waals surface area (Å²) >= 11 is 0. The molecule has 0 unspecified atom stereocenters. The molecule has 21 heavy (non-hydrogen) atoms. The van der Waals surface area contributed by atoms with E-state index in [9.17, 15) is 0 Å². The van der Waals surface area contributed by atoms with E-state index in [1.807, 2.05) is 19.9 Å². The summed E-state index contributed by atoms with van der Waals surface area (Å²) in [7, 11) is 0. The van der Waals surface area contributed by atoms with Crippen molar-refractivity contribution >= 4 is 5.95 Å². The monoisotopic (exact) mass is 285 g/mol. The number of hydrogen-bond donors (Lipinski definition) is 0. The zero-order valence-corrected chi connectivity index (χ0v) is 13.3. The van der Waals surface area contributed by atoms with E-state index in [1.54, 1.807) is 0 Å². The van der Waals surface area contributed by atoms with Crippen molar-refractivity contribution in [2.75, 3.05) is 18.0 Å². The summed E-state index contributed by atoms with van der Waals surface area (Å²) in [5, 5.41) is 4.63. The zero-order valence-electron chi connectivity index (χ0n) is 13.3. The molecule has 0 N–H and O–H groups in total. The summed E-state index contributed by atoms with van der Waals surface area (Å²) in [5.74, 6) is 0.874. The Balaban J connectivity index is 1.71. The third-order valence-electron chi connectivity index (χ3n) is 4.11. The van der Waals surface area contributed by atoms with Gasteiger partial charge in [0.25, 0.3) is 0 Å². The maximum absolute atomic E-state index is 4.63. The minimum atomic E-state index is 0.501. The Kier molecular flexibility index (Phi) is 3.66. The zero-order chi connectivity index (χ0) is 15.0. The van der Waals surface area contributed by atoms with Gasteiger partial charge in [0.15, 0.2) is 0 Å². The van der Waals surface area contributed by atoms with Gasteiger partial charge in [-0.2, -0.15) is 5.10 Å². The van der Waals surface area contributed by atoms with Crippen LogP contribution in [0.4, 0.5) is 5.95 Å². The Bertz CT molecular complexity index is 618. The molecule has 0 amide bonds. The molecular weight excluding hydrogens is 262 g/mol. The van der Waals surface area contributed by atoms with Crippen LogP contribution in [0.1, 0.15) is 41.7 Å². The molecule has 1 aliphatic rings. The molecule has 5 nitrogen and oxygen atoms in total. The fraction of sp³-hybridized carbons (Fsp3) is 0.562. The molecule has 2 aromatic rings. The minimum Gasteiger partial charge on any atom is -0.341 e. The highest BCUT2D eigenvalue weighted by molar-refractivity contribution is 5.32. The average molecular weight is 285 g/mol. The van der Waals surface area contributed by atoms with Crippen LogP contribution < -0.4 is 4.90 Å². The lowest BCUT2D eigenvalue weighted by Gasteiger charge is -2.32. The smallest absolute Gasteiger partial charge is 0.225 e. The van der Waals surface area contributed by atoms with Gasteiger partial charge >= 0.3 is 0 Å². The number of aromatic nitrogens is 4. The SMILES string of the molecule is Cc1cc(C)nc(N2CCC(n3nc(C)cc3C)CC2)n1. The molecule has 0 spiro atoms. The van der Waals surface area contributed by atoms with Crippen molar-refractivity contribution in [1.82, 2.24) is 19.7 Å². The standard InChI is InChI=1S/C16H23N5/c1-11-9-12(2)18-16(17-11)20-7-5-15(6-8-20)21-14(4)10-13(3)19-21/h9-10,15H,5-8H2,1-4H3. The predicted molar refractivity (Wildman–Crippen MR) is 83.7 cm³/mol. The third-order valence-corrected chi connectivity index (χ3v) is 4.11. The highest BCUT2D eigenvalue weighted by Crippen LogP contribution is 2.26. The second-order valence-electron chi connectivity index (χ2n) is 6.04. The Labute approximate surface area is 126 Å². The summed E-state index contributed by atoms with van der Waals surface area (Å²) in [6.45, 7) is 10.2. The Morgan fingerprint density at radius 2 is 1.52 bits per heavy atom. The quantitative estimate of drug-likeness (QED) is 0.851. The van der Waals surface area contributed by atoms with Crippen LogP contribution in [0, 0.1) is 27.7 Å². The second-order valence-corrected chi connectivity index (χ2v) is 6.04. The highest BCUT2D eigenvalue weighted by atomic mass is 15.3. The van der Waals surface area contributed by atoms with Gasteiger partial charge in [0, 0.05) is 30.2 Å². The molecule has 0 radical (unpaired) electrons. The van der Waals surface area contributed by atoms with Gasteiger partial charge in [-0.05, 0) is 52.7 Å². The summed E-state index contributed by atoms with van der Waals surface area (Å²) in [6.07, 6.45) is 2.19. The number of hydrogen-bond acceptors (Lipinski definition) is 4. The third kappa shape index (κ3) is 2.91. The van der Waals surface area contributed by atoms with Crippen molar-refractivity contribution in [3.63, 3.8) is 0 Å². The molecule has 112 valence electrons. The van der Waals surface area contributed by atoms with Crippen LogP contribution in [0.15, 0.2) is 12.1 Å². The fourth-order valence-electron chi connectivity index (χ4n) is 3.17. The minimum absolute atomic E-state index is 0.501. The topological polar surface area (TPSA) is 46.8 Å². The second kappa shape index (κ2) is 5.47. The molecule has 1 saturated heterocycles. The van der Waals surface area contributed by atoms with E-state index < -0.39 is 0 Å². The van der Waals surface area contributed by atoms with Gasteiger partial charge in [-0.25, -0.2) is 9.97 Å². The maximum Gasteiger partial charge on any atom is 0.225 e. The summed E-state index contributed by atoms with van der Waals surface area (Å²) < 4.78 is 2.19. The highest BCUT2D eigenvalue weighted by Gasteiger charge is 2.23. The fourth-order valence-corrected chi connectivity index (χ4v) is 3.17. The molecule has 0 saturated carbocycles. The van der Waals surface area contributed by atoms with E-state index in [0.29, 0.717) is 6.04 Å². The first-order chi connectivity index (χ1) is 10.0. The Morgan fingerprint density at radius 3 is 2.05 bits per heavy atom. The Hall–Kier alpha value is -1.91. The van der Waals surface area contributed by atoms with Crippen molar-refractivity contribution < 1.29 is 0 Å². The Morgan fingerprint density at radius 1 is 0.905 bits per heavy atom. The average Bonchev–Trinajstić information content (AvgIpc) is 2.77. The van der Waals surface area contributed by atoms with E-state index in [-0.39, 0.29) is 0 Å². The van der Waals surface area contributed by atoms with Crippen LogP contribution in [-0.2, 0) is 0 Å². The lowest BCUT2D eigenvalue weighted by Crippen LogP contribution is -2.36. The molecule has 0 bridgehead atoms. The number of nitrogens with zero attached hydrogens (tertiary/aromatic N) is 5. The molecule has 2 aromatic heterocycles. The lowest BCUT2D eigenvalue weighted by molar-refractivity contribution is 0.358. The van der Waals surface area contributed by atoms with E-state index >= 15 is 0 Å². The van der Waals surface area contributed by atoms with Gasteiger partial charge in [0.05, 0.1) is 11.7 Å². The molecule has 0 aliphatic carbocycles. The number of rotatable bonds is 2. The largest absolute Gasteiger partial charge is 0.341 e. The molecule has 1 aliphatic heterocycles. The van der Waals surface area contributed by atoms with Crippen LogP contribution in [0.25, 0.3) is 0 Å². The molecule has 0 atom stereocenters. The molecule has 3 rings (SSSR count). The molecule has 1 fully saturated rings. The van der Waals surface area contributed by atoms with Crippen molar-refractivity contribution in [3.8, 4) is 0 Å². The van der Waals surface area contributed by atoms with Gasteiger partial charge in [-0.15, -0.1) is 0 Å². The van der Waals surface area contributed by atoms with E-state index in [1.165, 1.54) is 5.69 Å². The number of anilines is 1. The normalized spacial score (nSPS) is 16.5. The van der Waals surface area contributed by atoms with E-state index in [2.05, 4.69) is 44.6 Å². The number of aryl methyl sites for hydroxylation is 4. The molecular formula is C16H23N5. The molecule has 3 heterocycles. The lowest BCUT2D eigenvalue weighted by atomic mass is 10.1. The van der Waals surface area contributed by atoms with Crippen molar-refractivity contribution in [2.45, 2.75) is 46.6 Å². The van der Waals surface area contributed by atoms with E-state index in [0.717, 1.165) is 49.0 Å². The van der Waals surface area contributed by atoms with Crippen LogP contribution in [0.3, 0.4) is 0 Å².